The molecule has 1 saturated heterocycles. The van der Waals surface area contributed by atoms with Crippen LogP contribution in [-0.4, -0.2) is 24.8 Å². The summed E-state index contributed by atoms with van der Waals surface area (Å²) < 4.78 is 6.14. The summed E-state index contributed by atoms with van der Waals surface area (Å²) in [5.74, 6) is 0. The van der Waals surface area contributed by atoms with Crippen LogP contribution in [0.5, 0.6) is 0 Å². The van der Waals surface area contributed by atoms with Gasteiger partial charge in [0, 0.05) is 12.1 Å². The Hall–Kier alpha value is -0.860. The number of hydrogen-bond acceptors (Lipinski definition) is 2. The Balaban J connectivity index is 1.58. The van der Waals surface area contributed by atoms with Crippen molar-refractivity contribution in [3.63, 3.8) is 0 Å². The molecular formula is C17H25NO. The highest BCUT2D eigenvalue weighted by molar-refractivity contribution is 5.16. The maximum Gasteiger partial charge on any atom is 0.0728 e. The molecule has 0 spiro atoms. The van der Waals surface area contributed by atoms with Gasteiger partial charge in [0.1, 0.15) is 0 Å². The number of hydrogen-bond donors (Lipinski definition) is 1. The maximum atomic E-state index is 6.14. The lowest BCUT2D eigenvalue weighted by Gasteiger charge is -2.39. The number of benzene rings is 1. The smallest absolute Gasteiger partial charge is 0.0728 e. The second-order valence-electron chi connectivity index (χ2n) is 6.02. The lowest BCUT2D eigenvalue weighted by molar-refractivity contribution is -0.0376. The van der Waals surface area contributed by atoms with Crippen LogP contribution in [0, 0.1) is 0 Å². The van der Waals surface area contributed by atoms with E-state index < -0.39 is 0 Å². The molecule has 1 aliphatic carbocycles. The number of morpholine rings is 1. The summed E-state index contributed by atoms with van der Waals surface area (Å²) in [5, 5.41) is 3.85. The maximum absolute atomic E-state index is 6.14. The third kappa shape index (κ3) is 3.58. The molecule has 1 aromatic rings. The number of nitrogens with one attached hydrogen (secondary N) is 1. The standard InChI is InChI=1S/C17H25NO/c1-2-7-11-17-16(10-6-1)18-15(13-19-17)12-14-8-4-3-5-9-14/h3-5,8-9,15-18H,1-2,6-7,10-13H2. The topological polar surface area (TPSA) is 21.3 Å². The fraction of sp³-hybridized carbons (Fsp3) is 0.647. The van der Waals surface area contributed by atoms with Gasteiger partial charge in [-0.3, -0.25) is 0 Å². The molecule has 1 aliphatic heterocycles. The second kappa shape index (κ2) is 6.53. The molecule has 3 atom stereocenters. The highest BCUT2D eigenvalue weighted by atomic mass is 16.5. The molecule has 1 N–H and O–H groups in total. The molecule has 2 aliphatic rings. The SMILES string of the molecule is c1ccc(CC2COC3CCCCCCC3N2)cc1. The van der Waals surface area contributed by atoms with Crippen LogP contribution >= 0.6 is 0 Å². The van der Waals surface area contributed by atoms with Crippen molar-refractivity contribution in [1.29, 1.82) is 0 Å². The van der Waals surface area contributed by atoms with E-state index in [1.165, 1.54) is 44.1 Å². The molecule has 3 rings (SSSR count). The first kappa shape index (κ1) is 13.1. The summed E-state index contributed by atoms with van der Waals surface area (Å²) in [6, 6.07) is 11.8. The fourth-order valence-electron chi connectivity index (χ4n) is 3.45. The molecule has 0 bridgehead atoms. The van der Waals surface area contributed by atoms with Gasteiger partial charge in [-0.15, -0.1) is 0 Å². The van der Waals surface area contributed by atoms with Crippen molar-refractivity contribution in [2.45, 2.75) is 63.1 Å². The quantitative estimate of drug-likeness (QED) is 0.880. The van der Waals surface area contributed by atoms with Gasteiger partial charge >= 0.3 is 0 Å². The van der Waals surface area contributed by atoms with E-state index in [0.29, 0.717) is 18.2 Å². The van der Waals surface area contributed by atoms with Gasteiger partial charge in [0.2, 0.25) is 0 Å². The average Bonchev–Trinajstić information content (AvgIpc) is 2.42. The van der Waals surface area contributed by atoms with Gasteiger partial charge in [-0.1, -0.05) is 56.0 Å². The minimum Gasteiger partial charge on any atom is -0.375 e. The van der Waals surface area contributed by atoms with Crippen molar-refractivity contribution in [2.75, 3.05) is 6.61 Å². The minimum atomic E-state index is 0.465. The lowest BCUT2D eigenvalue weighted by Crippen LogP contribution is -2.55. The van der Waals surface area contributed by atoms with E-state index in [-0.39, 0.29) is 0 Å². The van der Waals surface area contributed by atoms with Crippen molar-refractivity contribution >= 4 is 0 Å². The molecule has 0 amide bonds. The molecule has 104 valence electrons. The van der Waals surface area contributed by atoms with Crippen molar-refractivity contribution in [1.82, 2.24) is 5.32 Å². The van der Waals surface area contributed by atoms with Gasteiger partial charge in [-0.05, 0) is 24.8 Å². The van der Waals surface area contributed by atoms with Crippen LogP contribution in [0.2, 0.25) is 0 Å². The molecule has 2 fully saturated rings. The van der Waals surface area contributed by atoms with E-state index in [2.05, 4.69) is 35.6 Å². The Morgan fingerprint density at radius 3 is 2.63 bits per heavy atom. The second-order valence-corrected chi connectivity index (χ2v) is 6.02. The lowest BCUT2D eigenvalue weighted by atomic mass is 9.91. The molecule has 0 aromatic heterocycles. The van der Waals surface area contributed by atoms with E-state index in [1.807, 2.05) is 0 Å². The predicted molar refractivity (Wildman–Crippen MR) is 78.3 cm³/mol. The van der Waals surface area contributed by atoms with Crippen LogP contribution < -0.4 is 5.32 Å². The monoisotopic (exact) mass is 259 g/mol. The van der Waals surface area contributed by atoms with Gasteiger partial charge in [0.25, 0.3) is 0 Å². The van der Waals surface area contributed by atoms with Crippen LogP contribution in [0.15, 0.2) is 30.3 Å². The van der Waals surface area contributed by atoms with Crippen LogP contribution in [0.25, 0.3) is 0 Å². The molecule has 2 nitrogen and oxygen atoms in total. The van der Waals surface area contributed by atoms with Crippen LogP contribution in [0.3, 0.4) is 0 Å². The Labute approximate surface area is 116 Å². The van der Waals surface area contributed by atoms with Gasteiger partial charge < -0.3 is 10.1 Å². The Morgan fingerprint density at radius 1 is 1.00 bits per heavy atom. The highest BCUT2D eigenvalue weighted by Gasteiger charge is 2.30. The Bertz CT molecular complexity index is 378. The van der Waals surface area contributed by atoms with Crippen LogP contribution in [-0.2, 0) is 11.2 Å². The minimum absolute atomic E-state index is 0.465. The average molecular weight is 259 g/mol. The highest BCUT2D eigenvalue weighted by Crippen LogP contribution is 2.24. The summed E-state index contributed by atoms with van der Waals surface area (Å²) in [4.78, 5) is 0. The Morgan fingerprint density at radius 2 is 1.79 bits per heavy atom. The zero-order valence-electron chi connectivity index (χ0n) is 11.7. The first-order valence-corrected chi connectivity index (χ1v) is 7.83. The fourth-order valence-corrected chi connectivity index (χ4v) is 3.45. The molecule has 3 unspecified atom stereocenters. The first-order valence-electron chi connectivity index (χ1n) is 7.83. The summed E-state index contributed by atoms with van der Waals surface area (Å²) in [6.07, 6.45) is 9.57. The molecule has 1 saturated carbocycles. The zero-order valence-corrected chi connectivity index (χ0v) is 11.7. The van der Waals surface area contributed by atoms with Crippen LogP contribution in [0.1, 0.15) is 44.1 Å². The molecule has 1 heterocycles. The van der Waals surface area contributed by atoms with Gasteiger partial charge in [-0.2, -0.15) is 0 Å². The van der Waals surface area contributed by atoms with Gasteiger partial charge in [-0.25, -0.2) is 0 Å². The molecular weight excluding hydrogens is 234 g/mol. The van der Waals surface area contributed by atoms with Crippen molar-refractivity contribution in [2.24, 2.45) is 0 Å². The predicted octanol–water partition coefficient (Wildman–Crippen LogP) is 3.31. The molecule has 2 heteroatoms. The largest absolute Gasteiger partial charge is 0.375 e. The zero-order chi connectivity index (χ0) is 12.9. The van der Waals surface area contributed by atoms with Crippen LogP contribution in [0.4, 0.5) is 0 Å². The first-order chi connectivity index (χ1) is 9.42. The van der Waals surface area contributed by atoms with Crippen molar-refractivity contribution < 1.29 is 4.74 Å². The van der Waals surface area contributed by atoms with E-state index >= 15 is 0 Å². The molecule has 0 radical (unpaired) electrons. The summed E-state index contributed by atoms with van der Waals surface area (Å²) >= 11 is 0. The normalized spacial score (nSPS) is 32.1. The Kier molecular flexibility index (Phi) is 4.52. The summed E-state index contributed by atoms with van der Waals surface area (Å²) in [7, 11) is 0. The third-order valence-corrected chi connectivity index (χ3v) is 4.49. The molecule has 1 aromatic carbocycles. The van der Waals surface area contributed by atoms with Gasteiger partial charge in [0.05, 0.1) is 12.7 Å². The van der Waals surface area contributed by atoms with E-state index in [1.54, 1.807) is 0 Å². The third-order valence-electron chi connectivity index (χ3n) is 4.49. The number of ether oxygens (including phenoxy) is 1. The summed E-state index contributed by atoms with van der Waals surface area (Å²) in [6.45, 7) is 0.871. The van der Waals surface area contributed by atoms with E-state index in [4.69, 9.17) is 4.74 Å². The van der Waals surface area contributed by atoms with Crippen molar-refractivity contribution in [3.8, 4) is 0 Å². The van der Waals surface area contributed by atoms with Gasteiger partial charge in [0.15, 0.2) is 0 Å². The molecule has 19 heavy (non-hydrogen) atoms. The van der Waals surface area contributed by atoms with Crippen molar-refractivity contribution in [3.05, 3.63) is 35.9 Å². The van der Waals surface area contributed by atoms with E-state index in [0.717, 1.165) is 13.0 Å². The van der Waals surface area contributed by atoms with E-state index in [9.17, 15) is 0 Å². The summed E-state index contributed by atoms with van der Waals surface area (Å²) in [5.41, 5.74) is 1.41. The number of fused-ring (bicyclic) bond motifs is 1. The number of rotatable bonds is 2.